The quantitative estimate of drug-likeness (QED) is 0.699. The number of rotatable bonds is 5. The Hall–Kier alpha value is -1.97. The first-order chi connectivity index (χ1) is 15.0. The van der Waals surface area contributed by atoms with Gasteiger partial charge in [0.05, 0.1) is 18.7 Å². The number of nitrogens with zero attached hydrogens (tertiary/aromatic N) is 3. The second-order valence-electron chi connectivity index (χ2n) is 8.44. The Bertz CT molecular complexity index is 999. The van der Waals surface area contributed by atoms with Gasteiger partial charge in [0.25, 0.3) is 0 Å². The van der Waals surface area contributed by atoms with Crippen molar-refractivity contribution in [1.29, 1.82) is 0 Å². The van der Waals surface area contributed by atoms with Crippen LogP contribution in [0, 0.1) is 0 Å². The Morgan fingerprint density at radius 3 is 2.74 bits per heavy atom. The van der Waals surface area contributed by atoms with E-state index in [-0.39, 0.29) is 30.9 Å². The highest BCUT2D eigenvalue weighted by Gasteiger charge is 2.40. The van der Waals surface area contributed by atoms with Crippen molar-refractivity contribution in [3.8, 4) is 5.88 Å². The van der Waals surface area contributed by atoms with Crippen molar-refractivity contribution in [3.05, 3.63) is 34.9 Å². The van der Waals surface area contributed by atoms with Crippen molar-refractivity contribution in [1.82, 2.24) is 9.97 Å². The highest BCUT2D eigenvalue weighted by atomic mass is 35.5. The molecule has 31 heavy (non-hydrogen) atoms. The van der Waals surface area contributed by atoms with Gasteiger partial charge in [0.2, 0.25) is 11.8 Å². The summed E-state index contributed by atoms with van der Waals surface area (Å²) in [5, 5.41) is 13.8. The van der Waals surface area contributed by atoms with Crippen LogP contribution < -0.4 is 15.0 Å². The topological polar surface area (TPSA) is 87.6 Å². The third-order valence-corrected chi connectivity index (χ3v) is 7.88. The van der Waals surface area contributed by atoms with Gasteiger partial charge in [-0.05, 0) is 43.4 Å². The van der Waals surface area contributed by atoms with E-state index in [0.29, 0.717) is 34.6 Å². The van der Waals surface area contributed by atoms with Gasteiger partial charge in [-0.3, -0.25) is 4.21 Å². The molecule has 5 rings (SSSR count). The lowest BCUT2D eigenvalue weighted by Gasteiger charge is -2.41. The first kappa shape index (κ1) is 20.9. The molecule has 166 valence electrons. The number of fused-ring (bicyclic) bond motifs is 1. The molecule has 0 spiro atoms. The SMILES string of the molecule is O=S1COc2nc(N3CCC(c4ccc(Cl)cc4)C(F)C3)nc(NC3(CO)CCC3)c21. The third kappa shape index (κ3) is 3.87. The summed E-state index contributed by atoms with van der Waals surface area (Å²) in [7, 11) is -1.37. The van der Waals surface area contributed by atoms with Gasteiger partial charge in [-0.25, -0.2) is 4.39 Å². The number of aliphatic hydroxyl groups excluding tert-OH is 1. The Balaban J connectivity index is 1.40. The number of alkyl halides is 1. The van der Waals surface area contributed by atoms with E-state index >= 15 is 4.39 Å². The van der Waals surface area contributed by atoms with Crippen LogP contribution in [0.25, 0.3) is 0 Å². The zero-order chi connectivity index (χ0) is 21.6. The van der Waals surface area contributed by atoms with Crippen LogP contribution in [0.15, 0.2) is 29.2 Å². The number of aromatic nitrogens is 2. The lowest BCUT2D eigenvalue weighted by atomic mass is 9.77. The van der Waals surface area contributed by atoms with Gasteiger partial charge in [0.1, 0.15) is 21.9 Å². The summed E-state index contributed by atoms with van der Waals surface area (Å²) < 4.78 is 33.1. The molecule has 0 radical (unpaired) electrons. The molecule has 0 bridgehead atoms. The highest BCUT2D eigenvalue weighted by Crippen LogP contribution is 2.41. The lowest BCUT2D eigenvalue weighted by Crippen LogP contribution is -2.49. The number of hydrogen-bond donors (Lipinski definition) is 2. The van der Waals surface area contributed by atoms with Crippen LogP contribution in [0.1, 0.15) is 37.2 Å². The van der Waals surface area contributed by atoms with Crippen molar-refractivity contribution >= 4 is 34.2 Å². The fraction of sp³-hybridized carbons (Fsp3) is 0.524. The molecule has 3 unspecified atom stereocenters. The second kappa shape index (κ2) is 8.18. The van der Waals surface area contributed by atoms with Crippen LogP contribution >= 0.6 is 11.6 Å². The van der Waals surface area contributed by atoms with Crippen LogP contribution in [-0.2, 0) is 10.8 Å². The molecule has 3 heterocycles. The number of ether oxygens (including phenoxy) is 1. The first-order valence-electron chi connectivity index (χ1n) is 10.4. The molecule has 2 fully saturated rings. The molecule has 3 aliphatic rings. The number of halogens is 2. The van der Waals surface area contributed by atoms with Crippen LogP contribution in [0.5, 0.6) is 5.88 Å². The maximum atomic E-state index is 15.1. The van der Waals surface area contributed by atoms with Crippen molar-refractivity contribution in [2.45, 2.75) is 48.2 Å². The third-order valence-electron chi connectivity index (χ3n) is 6.47. The molecular formula is C21H24ClFN4O3S. The Morgan fingerprint density at radius 1 is 1.32 bits per heavy atom. The van der Waals surface area contributed by atoms with E-state index < -0.39 is 22.5 Å². The van der Waals surface area contributed by atoms with E-state index in [1.807, 2.05) is 12.1 Å². The first-order valence-corrected chi connectivity index (χ1v) is 12.1. The lowest BCUT2D eigenvalue weighted by molar-refractivity contribution is 0.143. The average Bonchev–Trinajstić information content (AvgIpc) is 3.12. The van der Waals surface area contributed by atoms with Crippen LogP contribution in [-0.4, -0.2) is 56.6 Å². The van der Waals surface area contributed by atoms with Crippen molar-refractivity contribution in [3.63, 3.8) is 0 Å². The summed E-state index contributed by atoms with van der Waals surface area (Å²) in [4.78, 5) is 11.3. The van der Waals surface area contributed by atoms with Gasteiger partial charge in [0, 0.05) is 17.5 Å². The Labute approximate surface area is 187 Å². The minimum atomic E-state index is -1.37. The van der Waals surface area contributed by atoms with Gasteiger partial charge in [-0.15, -0.1) is 0 Å². The van der Waals surface area contributed by atoms with E-state index in [4.69, 9.17) is 16.3 Å². The minimum absolute atomic E-state index is 0.0264. The average molecular weight is 467 g/mol. The van der Waals surface area contributed by atoms with Crippen molar-refractivity contribution in [2.24, 2.45) is 0 Å². The molecule has 1 saturated heterocycles. The van der Waals surface area contributed by atoms with Gasteiger partial charge in [-0.2, -0.15) is 9.97 Å². The zero-order valence-electron chi connectivity index (χ0n) is 16.9. The second-order valence-corrected chi connectivity index (χ2v) is 10.2. The molecule has 2 aromatic rings. The van der Waals surface area contributed by atoms with Crippen LogP contribution in [0.2, 0.25) is 5.02 Å². The van der Waals surface area contributed by atoms with Gasteiger partial charge < -0.3 is 20.1 Å². The molecule has 7 nitrogen and oxygen atoms in total. The molecular weight excluding hydrogens is 443 g/mol. The molecule has 0 amide bonds. The molecule has 10 heteroatoms. The Kier molecular flexibility index (Phi) is 5.52. The van der Waals surface area contributed by atoms with E-state index in [1.54, 1.807) is 17.0 Å². The van der Waals surface area contributed by atoms with Crippen LogP contribution in [0.4, 0.5) is 16.2 Å². The van der Waals surface area contributed by atoms with Crippen molar-refractivity contribution < 1.29 is 18.4 Å². The minimum Gasteiger partial charge on any atom is -0.463 e. The predicted molar refractivity (Wildman–Crippen MR) is 117 cm³/mol. The summed E-state index contributed by atoms with van der Waals surface area (Å²) >= 11 is 5.96. The fourth-order valence-electron chi connectivity index (χ4n) is 4.47. The fourth-order valence-corrected chi connectivity index (χ4v) is 5.54. The van der Waals surface area contributed by atoms with E-state index in [2.05, 4.69) is 15.3 Å². The van der Waals surface area contributed by atoms with Gasteiger partial charge in [-0.1, -0.05) is 23.7 Å². The number of piperidine rings is 1. The van der Waals surface area contributed by atoms with Crippen molar-refractivity contribution in [2.75, 3.05) is 35.9 Å². The van der Waals surface area contributed by atoms with Gasteiger partial charge >= 0.3 is 0 Å². The largest absolute Gasteiger partial charge is 0.463 e. The smallest absolute Gasteiger partial charge is 0.238 e. The molecule has 1 aromatic carbocycles. The normalized spacial score (nSPS) is 26.7. The summed E-state index contributed by atoms with van der Waals surface area (Å²) in [5.74, 6) is 0.855. The molecule has 3 atom stereocenters. The standard InChI is InChI=1S/C21H24ClFN4O3S/c22-14-4-2-13(3-5-14)15-6-9-27(10-16(15)23)20-24-18(26-21(11-28)7-1-8-21)17-19(25-20)30-12-31(17)29/h2-5,15-16,28H,1,6-12H2,(H,24,25,26). The monoisotopic (exact) mass is 466 g/mol. The number of hydrogen-bond acceptors (Lipinski definition) is 7. The number of nitrogens with one attached hydrogen (secondary N) is 1. The summed E-state index contributed by atoms with van der Waals surface area (Å²) in [6, 6.07) is 7.32. The van der Waals surface area contributed by atoms with E-state index in [1.165, 1.54) is 0 Å². The summed E-state index contributed by atoms with van der Waals surface area (Å²) in [6.07, 6.45) is 2.15. The maximum absolute atomic E-state index is 15.1. The molecule has 1 aliphatic carbocycles. The molecule has 2 aliphatic heterocycles. The predicted octanol–water partition coefficient (Wildman–Crippen LogP) is 3.25. The number of benzene rings is 1. The Morgan fingerprint density at radius 2 is 2.10 bits per heavy atom. The number of anilines is 2. The highest BCUT2D eigenvalue weighted by molar-refractivity contribution is 7.85. The molecule has 2 N–H and O–H groups in total. The summed E-state index contributed by atoms with van der Waals surface area (Å²) in [6.45, 7) is 0.702. The molecule has 1 saturated carbocycles. The van der Waals surface area contributed by atoms with Crippen LogP contribution in [0.3, 0.4) is 0 Å². The molecule has 1 aromatic heterocycles. The maximum Gasteiger partial charge on any atom is 0.238 e. The van der Waals surface area contributed by atoms with E-state index in [0.717, 1.165) is 24.8 Å². The number of aliphatic hydroxyl groups is 1. The zero-order valence-corrected chi connectivity index (χ0v) is 18.5. The summed E-state index contributed by atoms with van der Waals surface area (Å²) in [5.41, 5.74) is 0.471. The van der Waals surface area contributed by atoms with E-state index in [9.17, 15) is 9.32 Å². The van der Waals surface area contributed by atoms with Gasteiger partial charge in [0.15, 0.2) is 11.8 Å².